The summed E-state index contributed by atoms with van der Waals surface area (Å²) >= 11 is 0. The second-order valence-electron chi connectivity index (χ2n) is 5.28. The van der Waals surface area contributed by atoms with Crippen LogP contribution in [0, 0.1) is 6.92 Å². The topological polar surface area (TPSA) is 67.6 Å². The minimum Gasteiger partial charge on any atom is -0.492 e. The van der Waals surface area contributed by atoms with Crippen molar-refractivity contribution in [1.29, 1.82) is 0 Å². The maximum absolute atomic E-state index is 5.74. The minimum atomic E-state index is 0.576. The molecule has 0 aliphatic heterocycles. The molecule has 2 rings (SSSR count). The fourth-order valence-corrected chi connectivity index (χ4v) is 2.06. The third-order valence-corrected chi connectivity index (χ3v) is 3.50. The molecule has 124 valence electrons. The predicted molar refractivity (Wildman–Crippen MR) is 90.5 cm³/mol. The number of nitrogens with one attached hydrogen (secondary N) is 1. The molecule has 7 nitrogen and oxygen atoms in total. The molecule has 0 amide bonds. The lowest BCUT2D eigenvalue weighted by molar-refractivity contribution is 0.281. The third kappa shape index (κ3) is 4.98. The van der Waals surface area contributed by atoms with E-state index in [1.165, 1.54) is 5.56 Å². The predicted octanol–water partition coefficient (Wildman–Crippen LogP) is 1.21. The molecule has 1 aromatic heterocycles. The summed E-state index contributed by atoms with van der Waals surface area (Å²) < 4.78 is 7.48. The van der Waals surface area contributed by atoms with Crippen molar-refractivity contribution in [3.05, 3.63) is 42.0 Å². The summed E-state index contributed by atoms with van der Waals surface area (Å²) in [6, 6.07) is 8.05. The molecule has 0 spiro atoms. The van der Waals surface area contributed by atoms with Crippen LogP contribution >= 0.6 is 0 Å². The van der Waals surface area contributed by atoms with Gasteiger partial charge in [0.2, 0.25) is 0 Å². The first-order chi connectivity index (χ1) is 11.1. The van der Waals surface area contributed by atoms with E-state index in [2.05, 4.69) is 27.3 Å². The van der Waals surface area contributed by atoms with Crippen LogP contribution in [-0.2, 0) is 13.6 Å². The molecule has 0 atom stereocenters. The molecule has 0 saturated carbocycles. The SMILES string of the molecule is CN=C(NCc1ncnn1C)N(C)CCOc1ccc(C)cc1. The van der Waals surface area contributed by atoms with Gasteiger partial charge in [-0.25, -0.2) is 4.98 Å². The molecule has 2 aromatic rings. The minimum absolute atomic E-state index is 0.576. The Hall–Kier alpha value is -2.57. The van der Waals surface area contributed by atoms with Gasteiger partial charge in [-0.2, -0.15) is 5.10 Å². The molecule has 1 aromatic carbocycles. The van der Waals surface area contributed by atoms with Gasteiger partial charge in [-0.05, 0) is 19.1 Å². The zero-order valence-electron chi connectivity index (χ0n) is 14.2. The Balaban J connectivity index is 1.77. The van der Waals surface area contributed by atoms with E-state index in [-0.39, 0.29) is 0 Å². The molecule has 0 aliphatic rings. The number of hydrogen-bond donors (Lipinski definition) is 1. The number of guanidine groups is 1. The number of likely N-dealkylation sites (N-methyl/N-ethyl adjacent to an activating group) is 1. The molecule has 0 radical (unpaired) electrons. The smallest absolute Gasteiger partial charge is 0.193 e. The summed E-state index contributed by atoms with van der Waals surface area (Å²) in [5.74, 6) is 2.53. The van der Waals surface area contributed by atoms with Gasteiger partial charge in [-0.3, -0.25) is 9.67 Å². The molecule has 0 fully saturated rings. The molecule has 0 aliphatic carbocycles. The highest BCUT2D eigenvalue weighted by Crippen LogP contribution is 2.11. The van der Waals surface area contributed by atoms with Gasteiger partial charge in [0.1, 0.15) is 24.5 Å². The average molecular weight is 316 g/mol. The summed E-state index contributed by atoms with van der Waals surface area (Å²) in [6.45, 7) is 3.95. The third-order valence-electron chi connectivity index (χ3n) is 3.50. The number of aromatic nitrogens is 3. The number of benzene rings is 1. The first-order valence-corrected chi connectivity index (χ1v) is 7.54. The van der Waals surface area contributed by atoms with Crippen molar-refractivity contribution in [1.82, 2.24) is 25.0 Å². The van der Waals surface area contributed by atoms with E-state index in [0.29, 0.717) is 13.2 Å². The molecular weight excluding hydrogens is 292 g/mol. The van der Waals surface area contributed by atoms with Crippen molar-refractivity contribution in [3.8, 4) is 5.75 Å². The Bertz CT molecular complexity index is 634. The zero-order chi connectivity index (χ0) is 16.7. The van der Waals surface area contributed by atoms with E-state index in [9.17, 15) is 0 Å². The fourth-order valence-electron chi connectivity index (χ4n) is 2.06. The summed E-state index contributed by atoms with van der Waals surface area (Å²) in [7, 11) is 5.60. The molecule has 0 saturated heterocycles. The van der Waals surface area contributed by atoms with Crippen LogP contribution in [0.15, 0.2) is 35.6 Å². The van der Waals surface area contributed by atoms with Gasteiger partial charge in [0.15, 0.2) is 5.96 Å². The first kappa shape index (κ1) is 16.8. The van der Waals surface area contributed by atoms with Crippen LogP contribution in [0.4, 0.5) is 0 Å². The van der Waals surface area contributed by atoms with E-state index in [1.54, 1.807) is 18.1 Å². The normalized spacial score (nSPS) is 11.4. The second-order valence-corrected chi connectivity index (χ2v) is 5.28. The highest BCUT2D eigenvalue weighted by Gasteiger charge is 2.07. The Morgan fingerprint density at radius 3 is 2.70 bits per heavy atom. The monoisotopic (exact) mass is 316 g/mol. The van der Waals surface area contributed by atoms with E-state index in [1.807, 2.05) is 43.3 Å². The van der Waals surface area contributed by atoms with E-state index in [0.717, 1.165) is 24.1 Å². The van der Waals surface area contributed by atoms with Crippen LogP contribution in [-0.4, -0.2) is 52.9 Å². The van der Waals surface area contributed by atoms with Crippen molar-refractivity contribution in [3.63, 3.8) is 0 Å². The maximum Gasteiger partial charge on any atom is 0.193 e. The second kappa shape index (κ2) is 8.17. The van der Waals surface area contributed by atoms with Gasteiger partial charge in [-0.1, -0.05) is 17.7 Å². The van der Waals surface area contributed by atoms with Crippen LogP contribution in [0.25, 0.3) is 0 Å². The lowest BCUT2D eigenvalue weighted by Gasteiger charge is -2.22. The lowest BCUT2D eigenvalue weighted by atomic mass is 10.2. The molecule has 1 heterocycles. The quantitative estimate of drug-likeness (QED) is 0.641. The van der Waals surface area contributed by atoms with E-state index in [4.69, 9.17) is 4.74 Å². The lowest BCUT2D eigenvalue weighted by Crippen LogP contribution is -2.40. The van der Waals surface area contributed by atoms with Gasteiger partial charge >= 0.3 is 0 Å². The van der Waals surface area contributed by atoms with Crippen molar-refractivity contribution in [2.45, 2.75) is 13.5 Å². The van der Waals surface area contributed by atoms with Gasteiger partial charge in [0.05, 0.1) is 13.1 Å². The van der Waals surface area contributed by atoms with Gasteiger partial charge in [0, 0.05) is 21.1 Å². The van der Waals surface area contributed by atoms with Crippen molar-refractivity contribution >= 4 is 5.96 Å². The Kier molecular flexibility index (Phi) is 5.96. The number of aryl methyl sites for hydroxylation is 2. The van der Waals surface area contributed by atoms with Gasteiger partial charge in [0.25, 0.3) is 0 Å². The average Bonchev–Trinajstić information content (AvgIpc) is 2.95. The van der Waals surface area contributed by atoms with Crippen molar-refractivity contribution < 1.29 is 4.74 Å². The standard InChI is InChI=1S/C16H24N6O/c1-13-5-7-14(8-6-13)23-10-9-21(3)16(17-2)18-11-15-19-12-20-22(15)4/h5-8,12H,9-11H2,1-4H3,(H,17,18). The number of nitrogens with zero attached hydrogens (tertiary/aromatic N) is 5. The van der Waals surface area contributed by atoms with Crippen LogP contribution in [0.5, 0.6) is 5.75 Å². The number of rotatable bonds is 6. The summed E-state index contributed by atoms with van der Waals surface area (Å²) in [6.07, 6.45) is 1.54. The van der Waals surface area contributed by atoms with E-state index < -0.39 is 0 Å². The van der Waals surface area contributed by atoms with Crippen LogP contribution in [0.2, 0.25) is 0 Å². The molecule has 7 heteroatoms. The van der Waals surface area contributed by atoms with Gasteiger partial charge in [-0.15, -0.1) is 0 Å². The number of ether oxygens (including phenoxy) is 1. The largest absolute Gasteiger partial charge is 0.492 e. The van der Waals surface area contributed by atoms with Crippen molar-refractivity contribution in [2.75, 3.05) is 27.2 Å². The molecule has 1 N–H and O–H groups in total. The highest BCUT2D eigenvalue weighted by atomic mass is 16.5. The van der Waals surface area contributed by atoms with Crippen LogP contribution < -0.4 is 10.1 Å². The number of aliphatic imine (C=N–C) groups is 1. The Labute approximate surface area is 137 Å². The summed E-state index contributed by atoms with van der Waals surface area (Å²) in [5.41, 5.74) is 1.22. The summed E-state index contributed by atoms with van der Waals surface area (Å²) in [4.78, 5) is 10.5. The van der Waals surface area contributed by atoms with E-state index >= 15 is 0 Å². The van der Waals surface area contributed by atoms with Crippen LogP contribution in [0.3, 0.4) is 0 Å². The maximum atomic E-state index is 5.74. The number of hydrogen-bond acceptors (Lipinski definition) is 4. The Morgan fingerprint density at radius 2 is 2.09 bits per heavy atom. The molecule has 0 unspecified atom stereocenters. The molecule has 23 heavy (non-hydrogen) atoms. The Morgan fingerprint density at radius 1 is 1.35 bits per heavy atom. The van der Waals surface area contributed by atoms with Crippen LogP contribution in [0.1, 0.15) is 11.4 Å². The van der Waals surface area contributed by atoms with Crippen molar-refractivity contribution in [2.24, 2.45) is 12.0 Å². The first-order valence-electron chi connectivity index (χ1n) is 7.54. The zero-order valence-corrected chi connectivity index (χ0v) is 14.2. The van der Waals surface area contributed by atoms with Gasteiger partial charge < -0.3 is 15.0 Å². The molecule has 0 bridgehead atoms. The summed E-state index contributed by atoms with van der Waals surface area (Å²) in [5, 5.41) is 7.31. The highest BCUT2D eigenvalue weighted by molar-refractivity contribution is 5.79. The fraction of sp³-hybridized carbons (Fsp3) is 0.438. The molecular formula is C16H24N6O.